The minimum absolute atomic E-state index is 0.484. The van der Waals surface area contributed by atoms with Crippen LogP contribution in [0.25, 0.3) is 66.7 Å². The van der Waals surface area contributed by atoms with Crippen LogP contribution in [0.2, 0.25) is 0 Å². The van der Waals surface area contributed by atoms with E-state index in [0.717, 1.165) is 36.9 Å². The zero-order chi connectivity index (χ0) is 41.6. The van der Waals surface area contributed by atoms with Crippen molar-refractivity contribution in [3.63, 3.8) is 0 Å². The fourth-order valence-electron chi connectivity index (χ4n) is 9.40. The second-order valence-electron chi connectivity index (χ2n) is 15.9. The first-order valence-corrected chi connectivity index (χ1v) is 21.0. The monoisotopic (exact) mass is 809 g/mol. The van der Waals surface area contributed by atoms with Crippen molar-refractivity contribution in [3.05, 3.63) is 235 Å². The highest BCUT2D eigenvalue weighted by atomic mass is 19.1. The van der Waals surface area contributed by atoms with E-state index >= 15 is 0 Å². The molecule has 0 N–H and O–H groups in total. The minimum atomic E-state index is -0.514. The SMILES string of the molecule is Fc1cc(F)c2c(c1)C[n+]1ccccc1-2.c1ccc2c(c1)C[n+]1ccc3ccccc3c1-2.c1ccc2c(c1)C[n+]1ccccc1-2.c1ccc2c(c1)C[n+]1cnc3ccccc3c1-2. The van der Waals surface area contributed by atoms with Crippen molar-refractivity contribution in [2.45, 2.75) is 26.2 Å². The van der Waals surface area contributed by atoms with Gasteiger partial charge in [0.05, 0.1) is 27.5 Å². The molecule has 6 aromatic carbocycles. The second-order valence-corrected chi connectivity index (χ2v) is 15.9. The van der Waals surface area contributed by atoms with E-state index in [2.05, 4.69) is 171 Å². The summed E-state index contributed by atoms with van der Waals surface area (Å²) in [5.41, 5.74) is 15.4. The summed E-state index contributed by atoms with van der Waals surface area (Å²) in [5, 5.41) is 3.90. The van der Waals surface area contributed by atoms with E-state index in [4.69, 9.17) is 0 Å². The van der Waals surface area contributed by atoms with Gasteiger partial charge in [-0.05, 0) is 58.9 Å². The first-order valence-electron chi connectivity index (χ1n) is 21.0. The second kappa shape index (κ2) is 15.7. The molecule has 62 heavy (non-hydrogen) atoms. The predicted octanol–water partition coefficient (Wildman–Crippen LogP) is 9.99. The maximum Gasteiger partial charge on any atom is 0.287 e. The Morgan fingerprint density at radius 2 is 0.935 bits per heavy atom. The van der Waals surface area contributed by atoms with E-state index in [0.29, 0.717) is 17.7 Å². The van der Waals surface area contributed by atoms with Gasteiger partial charge in [0.25, 0.3) is 6.33 Å². The Morgan fingerprint density at radius 1 is 0.403 bits per heavy atom. The van der Waals surface area contributed by atoms with Gasteiger partial charge < -0.3 is 0 Å². The zero-order valence-corrected chi connectivity index (χ0v) is 33.9. The van der Waals surface area contributed by atoms with Crippen LogP contribution in [0.15, 0.2) is 201 Å². The number of benzene rings is 6. The summed E-state index contributed by atoms with van der Waals surface area (Å²) in [6, 6.07) is 59.2. The number of hydrogen-bond donors (Lipinski definition) is 0. The topological polar surface area (TPSA) is 28.4 Å². The molecule has 0 aliphatic carbocycles. The molecule has 0 spiro atoms. The Kier molecular flexibility index (Phi) is 9.42. The number of aromatic nitrogens is 5. The van der Waals surface area contributed by atoms with Gasteiger partial charge in [0.1, 0.15) is 23.9 Å². The van der Waals surface area contributed by atoms with Gasteiger partial charge in [-0.15, -0.1) is 0 Å². The van der Waals surface area contributed by atoms with Crippen molar-refractivity contribution in [2.24, 2.45) is 0 Å². The van der Waals surface area contributed by atoms with Crippen molar-refractivity contribution in [1.82, 2.24) is 4.98 Å². The molecule has 14 rings (SSSR count). The van der Waals surface area contributed by atoms with Crippen molar-refractivity contribution in [3.8, 4) is 45.0 Å². The fraction of sp³-hybridized carbons (Fsp3) is 0.0727. The molecule has 5 nitrogen and oxygen atoms in total. The molecule has 0 atom stereocenters. The third-order valence-electron chi connectivity index (χ3n) is 12.2. The molecule has 7 heteroatoms. The molecule has 8 heterocycles. The summed E-state index contributed by atoms with van der Waals surface area (Å²) >= 11 is 0. The van der Waals surface area contributed by atoms with Crippen LogP contribution in [0, 0.1) is 11.6 Å². The Bertz CT molecular complexity index is 3190. The van der Waals surface area contributed by atoms with E-state index in [1.54, 1.807) is 0 Å². The number of rotatable bonds is 0. The summed E-state index contributed by atoms with van der Waals surface area (Å²) < 4.78 is 35.3. The molecule has 0 unspecified atom stereocenters. The van der Waals surface area contributed by atoms with Crippen molar-refractivity contribution < 1.29 is 27.0 Å². The standard InChI is InChI=1S/C16H12N.C15H11N2.C12H8F2N.C12H10N/c1-3-7-14-12(5-1)9-10-17-11-13-6-2-4-8-15(13)16(14)17;1-2-6-12-11(5-1)9-17-10-16-14-8-4-3-7-13(14)15(12)17;13-9-5-8-7-15-4-2-1-3-11(15)12(8)10(14)6-9;1-2-6-11-10(5-1)9-13-8-4-3-7-12(11)13/h1-10H,11H2;1-8,10H,9H2;1-6H,7H2;1-8H,9H2/q4*+1. The maximum absolute atomic E-state index is 13.6. The molecular weight excluding hydrogens is 769 g/mol. The first-order chi connectivity index (χ1) is 30.6. The number of halogens is 2. The lowest BCUT2D eigenvalue weighted by Crippen LogP contribution is -2.32. The molecule has 4 aliphatic rings. The van der Waals surface area contributed by atoms with Crippen LogP contribution in [0.3, 0.4) is 0 Å². The van der Waals surface area contributed by atoms with E-state index in [-0.39, 0.29) is 0 Å². The maximum atomic E-state index is 13.6. The summed E-state index contributed by atoms with van der Waals surface area (Å²) in [5.74, 6) is -0.998. The summed E-state index contributed by atoms with van der Waals surface area (Å²) in [6.45, 7) is 3.49. The van der Waals surface area contributed by atoms with Gasteiger partial charge in [-0.3, -0.25) is 0 Å². The average Bonchev–Trinajstić information content (AvgIpc) is 4.10. The molecule has 0 saturated heterocycles. The van der Waals surface area contributed by atoms with E-state index in [9.17, 15) is 8.78 Å². The van der Waals surface area contributed by atoms with Gasteiger partial charge in [0, 0.05) is 64.2 Å². The largest absolute Gasteiger partial charge is 0.287 e. The molecule has 0 bridgehead atoms. The smallest absolute Gasteiger partial charge is 0.225 e. The van der Waals surface area contributed by atoms with Crippen LogP contribution in [-0.4, -0.2) is 4.98 Å². The lowest BCUT2D eigenvalue weighted by Gasteiger charge is -1.99. The normalized spacial score (nSPS) is 12.4. The summed E-state index contributed by atoms with van der Waals surface area (Å²) in [4.78, 5) is 4.50. The minimum Gasteiger partial charge on any atom is -0.225 e. The number of para-hydroxylation sites is 1. The number of fused-ring (bicyclic) bond motifs is 16. The average molecular weight is 810 g/mol. The highest BCUT2D eigenvalue weighted by molar-refractivity contribution is 5.94. The van der Waals surface area contributed by atoms with Gasteiger partial charge in [0.2, 0.25) is 17.1 Å². The number of hydrogen-bond acceptors (Lipinski definition) is 1. The van der Waals surface area contributed by atoms with Crippen LogP contribution in [0.1, 0.15) is 22.3 Å². The lowest BCUT2D eigenvalue weighted by atomic mass is 10.0. The number of pyridine rings is 3. The molecule has 4 aromatic heterocycles. The molecule has 10 aromatic rings. The van der Waals surface area contributed by atoms with E-state index in [1.807, 2.05) is 41.4 Å². The molecule has 0 amide bonds. The van der Waals surface area contributed by atoms with Crippen LogP contribution in [0.5, 0.6) is 0 Å². The van der Waals surface area contributed by atoms with Gasteiger partial charge in [-0.25, -0.2) is 13.3 Å². The predicted molar refractivity (Wildman–Crippen MR) is 237 cm³/mol. The third-order valence-corrected chi connectivity index (χ3v) is 12.2. The van der Waals surface area contributed by atoms with E-state index < -0.39 is 11.6 Å². The van der Waals surface area contributed by atoms with Crippen LogP contribution >= 0.6 is 0 Å². The van der Waals surface area contributed by atoms with E-state index in [1.165, 1.54) is 72.7 Å². The Balaban J connectivity index is 0.0000000934. The summed E-state index contributed by atoms with van der Waals surface area (Å²) in [6.07, 6.45) is 8.14. The highest BCUT2D eigenvalue weighted by Gasteiger charge is 2.30. The molecule has 4 aliphatic heterocycles. The van der Waals surface area contributed by atoms with Gasteiger partial charge >= 0.3 is 0 Å². The van der Waals surface area contributed by atoms with Crippen LogP contribution in [0.4, 0.5) is 8.78 Å². The Labute approximate surface area is 358 Å². The van der Waals surface area contributed by atoms with Gasteiger partial charge in [0.15, 0.2) is 43.7 Å². The van der Waals surface area contributed by atoms with Crippen LogP contribution in [-0.2, 0) is 26.2 Å². The molecule has 0 radical (unpaired) electrons. The quantitative estimate of drug-likeness (QED) is 0.140. The molecule has 0 saturated carbocycles. The van der Waals surface area contributed by atoms with Crippen molar-refractivity contribution >= 4 is 21.7 Å². The Morgan fingerprint density at radius 3 is 1.69 bits per heavy atom. The van der Waals surface area contributed by atoms with Crippen molar-refractivity contribution in [1.29, 1.82) is 0 Å². The lowest BCUT2D eigenvalue weighted by molar-refractivity contribution is -0.673. The zero-order valence-electron chi connectivity index (χ0n) is 33.9. The third kappa shape index (κ3) is 6.68. The fourth-order valence-corrected chi connectivity index (χ4v) is 9.40. The van der Waals surface area contributed by atoms with Gasteiger partial charge in [-0.1, -0.05) is 91.0 Å². The molecule has 296 valence electrons. The van der Waals surface area contributed by atoms with Crippen LogP contribution < -0.4 is 18.3 Å². The molecular formula is C55H41F2N5+4. The van der Waals surface area contributed by atoms with Gasteiger partial charge in [-0.2, -0.15) is 13.7 Å². The Hall–Kier alpha value is -7.77. The highest BCUT2D eigenvalue weighted by Crippen LogP contribution is 2.33. The molecule has 0 fully saturated rings. The van der Waals surface area contributed by atoms with Crippen molar-refractivity contribution in [2.75, 3.05) is 0 Å². The number of nitrogens with zero attached hydrogens (tertiary/aromatic N) is 5. The first kappa shape index (κ1) is 37.2. The summed E-state index contributed by atoms with van der Waals surface area (Å²) in [7, 11) is 0.